The molecule has 0 spiro atoms. The van der Waals surface area contributed by atoms with Crippen molar-refractivity contribution in [3.05, 3.63) is 41.2 Å². The summed E-state index contributed by atoms with van der Waals surface area (Å²) in [5.41, 5.74) is 3.73. The van der Waals surface area contributed by atoms with E-state index in [1.165, 1.54) is 35.7 Å². The first-order chi connectivity index (χ1) is 12.6. The van der Waals surface area contributed by atoms with Crippen LogP contribution in [0.1, 0.15) is 36.1 Å². The lowest BCUT2D eigenvalue weighted by Gasteiger charge is -2.33. The summed E-state index contributed by atoms with van der Waals surface area (Å²) in [4.78, 5) is 23.6. The van der Waals surface area contributed by atoms with Crippen molar-refractivity contribution in [3.8, 4) is 0 Å². The molecule has 6 nitrogen and oxygen atoms in total. The number of nitrogens with zero attached hydrogens (tertiary/aromatic N) is 4. The fraction of sp³-hybridized carbons (Fsp3) is 0.421. The Kier molecular flexibility index (Phi) is 4.74. The molecule has 1 saturated heterocycles. The third-order valence-corrected chi connectivity index (χ3v) is 5.85. The number of carbonyl (C=O) groups is 1. The van der Waals surface area contributed by atoms with Gasteiger partial charge in [0.05, 0.1) is 11.0 Å². The molecule has 1 aliphatic heterocycles. The summed E-state index contributed by atoms with van der Waals surface area (Å²) >= 11 is 1.56. The van der Waals surface area contributed by atoms with Gasteiger partial charge in [-0.3, -0.25) is 14.7 Å². The maximum atomic E-state index is 11.2. The molecule has 0 unspecified atom stereocenters. The van der Waals surface area contributed by atoms with Crippen LogP contribution in [0.2, 0.25) is 0 Å². The van der Waals surface area contributed by atoms with E-state index in [0.29, 0.717) is 11.0 Å². The van der Waals surface area contributed by atoms with E-state index >= 15 is 0 Å². The van der Waals surface area contributed by atoms with E-state index in [-0.39, 0.29) is 5.91 Å². The Bertz CT molecular complexity index is 931. The molecule has 1 aliphatic rings. The van der Waals surface area contributed by atoms with Gasteiger partial charge in [0.15, 0.2) is 5.13 Å². The number of hydrogen-bond acceptors (Lipinski definition) is 5. The summed E-state index contributed by atoms with van der Waals surface area (Å²) in [7, 11) is 2.09. The minimum absolute atomic E-state index is 0.0757. The third-order valence-electron chi connectivity index (χ3n) is 4.95. The molecule has 0 radical (unpaired) electrons. The fourth-order valence-corrected chi connectivity index (χ4v) is 4.74. The van der Waals surface area contributed by atoms with Crippen LogP contribution in [0.5, 0.6) is 0 Å². The predicted molar refractivity (Wildman–Crippen MR) is 104 cm³/mol. The zero-order valence-electron chi connectivity index (χ0n) is 15.1. The number of rotatable bonds is 4. The van der Waals surface area contributed by atoms with Crippen LogP contribution in [-0.2, 0) is 18.4 Å². The standard InChI is InChI=1S/C19H23N5OS/c1-13(25)22-19-21-10-15(26-19)12-24-8-3-4-14(11-24)16-5-7-20-17-6-9-23(2)18(16)17/h5-7,9-10,14H,3-4,8,11-12H2,1-2H3,(H,21,22,25)/t14-/m0/s1. The van der Waals surface area contributed by atoms with Gasteiger partial charge in [0, 0.05) is 50.5 Å². The van der Waals surface area contributed by atoms with Crippen LogP contribution in [0, 0.1) is 0 Å². The highest BCUT2D eigenvalue weighted by atomic mass is 32.1. The third kappa shape index (κ3) is 3.50. The van der Waals surface area contributed by atoms with Gasteiger partial charge in [0.1, 0.15) is 0 Å². The Hall–Kier alpha value is -2.25. The highest BCUT2D eigenvalue weighted by Crippen LogP contribution is 2.32. The van der Waals surface area contributed by atoms with Crippen LogP contribution in [0.25, 0.3) is 11.0 Å². The van der Waals surface area contributed by atoms with Gasteiger partial charge in [0.25, 0.3) is 0 Å². The van der Waals surface area contributed by atoms with Gasteiger partial charge in [0.2, 0.25) is 5.91 Å². The van der Waals surface area contributed by atoms with E-state index in [9.17, 15) is 4.79 Å². The van der Waals surface area contributed by atoms with Gasteiger partial charge in [-0.05, 0) is 43.0 Å². The van der Waals surface area contributed by atoms with Crippen molar-refractivity contribution in [2.24, 2.45) is 7.05 Å². The van der Waals surface area contributed by atoms with E-state index in [2.05, 4.69) is 50.1 Å². The summed E-state index contributed by atoms with van der Waals surface area (Å²) in [5.74, 6) is 0.443. The van der Waals surface area contributed by atoms with Crippen molar-refractivity contribution in [1.29, 1.82) is 0 Å². The maximum absolute atomic E-state index is 11.2. The van der Waals surface area contributed by atoms with Crippen LogP contribution >= 0.6 is 11.3 Å². The highest BCUT2D eigenvalue weighted by Gasteiger charge is 2.24. The maximum Gasteiger partial charge on any atom is 0.223 e. The van der Waals surface area contributed by atoms with Crippen LogP contribution < -0.4 is 5.32 Å². The molecular weight excluding hydrogens is 346 g/mol. The van der Waals surface area contributed by atoms with Gasteiger partial charge in [-0.25, -0.2) is 4.98 Å². The number of likely N-dealkylation sites (tertiary alicyclic amines) is 1. The molecule has 0 aliphatic carbocycles. The van der Waals surface area contributed by atoms with Crippen molar-refractivity contribution >= 4 is 33.4 Å². The number of amides is 1. The van der Waals surface area contributed by atoms with Gasteiger partial charge in [-0.15, -0.1) is 11.3 Å². The molecule has 0 aromatic carbocycles. The van der Waals surface area contributed by atoms with E-state index < -0.39 is 0 Å². The Labute approximate surface area is 156 Å². The molecule has 26 heavy (non-hydrogen) atoms. The zero-order chi connectivity index (χ0) is 18.1. The average Bonchev–Trinajstić information content (AvgIpc) is 3.21. The topological polar surface area (TPSA) is 63.1 Å². The quantitative estimate of drug-likeness (QED) is 0.766. The molecule has 3 aromatic rings. The van der Waals surface area contributed by atoms with Crippen LogP contribution in [0.4, 0.5) is 5.13 Å². The number of piperidine rings is 1. The molecule has 7 heteroatoms. The molecule has 4 rings (SSSR count). The van der Waals surface area contributed by atoms with Crippen molar-refractivity contribution < 1.29 is 4.79 Å². The number of anilines is 1. The first-order valence-electron chi connectivity index (χ1n) is 8.95. The summed E-state index contributed by atoms with van der Waals surface area (Å²) < 4.78 is 2.18. The average molecular weight is 369 g/mol. The first kappa shape index (κ1) is 17.2. The van der Waals surface area contributed by atoms with Gasteiger partial charge in [-0.1, -0.05) is 0 Å². The monoisotopic (exact) mass is 369 g/mol. The number of aryl methyl sites for hydroxylation is 1. The molecule has 3 aromatic heterocycles. The van der Waals surface area contributed by atoms with Crippen LogP contribution in [0.3, 0.4) is 0 Å². The summed E-state index contributed by atoms with van der Waals surface area (Å²) in [6.45, 7) is 4.54. The van der Waals surface area contributed by atoms with Crippen LogP contribution in [-0.4, -0.2) is 38.4 Å². The lowest BCUT2D eigenvalue weighted by Crippen LogP contribution is -2.33. The molecule has 4 heterocycles. The summed E-state index contributed by atoms with van der Waals surface area (Å²) in [5, 5.41) is 3.44. The number of aromatic nitrogens is 3. The SMILES string of the molecule is CC(=O)Nc1ncc(CN2CCC[C@H](c3ccnc4ccn(C)c34)C2)s1. The first-order valence-corrected chi connectivity index (χ1v) is 9.76. The number of fused-ring (bicyclic) bond motifs is 1. The van der Waals surface area contributed by atoms with E-state index in [0.717, 1.165) is 25.2 Å². The molecule has 1 fully saturated rings. The molecular formula is C19H23N5OS. The molecule has 1 amide bonds. The van der Waals surface area contributed by atoms with E-state index in [1.807, 2.05) is 12.4 Å². The van der Waals surface area contributed by atoms with Crippen molar-refractivity contribution in [1.82, 2.24) is 19.4 Å². The number of hydrogen-bond donors (Lipinski definition) is 1. The van der Waals surface area contributed by atoms with Gasteiger partial charge >= 0.3 is 0 Å². The lowest BCUT2D eigenvalue weighted by molar-refractivity contribution is -0.114. The smallest absolute Gasteiger partial charge is 0.223 e. The second-order valence-corrected chi connectivity index (χ2v) is 8.06. The van der Waals surface area contributed by atoms with Gasteiger partial charge < -0.3 is 9.88 Å². The van der Waals surface area contributed by atoms with E-state index in [4.69, 9.17) is 0 Å². The van der Waals surface area contributed by atoms with Crippen LogP contribution in [0.15, 0.2) is 30.7 Å². The summed E-state index contributed by atoms with van der Waals surface area (Å²) in [6.07, 6.45) is 8.29. The number of pyridine rings is 1. The highest BCUT2D eigenvalue weighted by molar-refractivity contribution is 7.15. The van der Waals surface area contributed by atoms with Gasteiger partial charge in [-0.2, -0.15) is 0 Å². The zero-order valence-corrected chi connectivity index (χ0v) is 15.9. The summed E-state index contributed by atoms with van der Waals surface area (Å²) in [6, 6.07) is 4.26. The Morgan fingerprint density at radius 1 is 1.38 bits per heavy atom. The number of nitrogens with one attached hydrogen (secondary N) is 1. The fourth-order valence-electron chi connectivity index (χ4n) is 3.84. The Balaban J connectivity index is 1.50. The predicted octanol–water partition coefficient (Wildman–Crippen LogP) is 3.37. The number of thiazole rings is 1. The normalized spacial score (nSPS) is 18.3. The Morgan fingerprint density at radius 3 is 3.12 bits per heavy atom. The van der Waals surface area contributed by atoms with E-state index in [1.54, 1.807) is 11.3 Å². The minimum Gasteiger partial charge on any atom is -0.349 e. The second-order valence-electron chi connectivity index (χ2n) is 6.95. The Morgan fingerprint density at radius 2 is 2.27 bits per heavy atom. The van der Waals surface area contributed by atoms with Crippen molar-refractivity contribution in [3.63, 3.8) is 0 Å². The van der Waals surface area contributed by atoms with Crippen molar-refractivity contribution in [2.75, 3.05) is 18.4 Å². The molecule has 136 valence electrons. The molecule has 1 N–H and O–H groups in total. The second kappa shape index (κ2) is 7.17. The largest absolute Gasteiger partial charge is 0.349 e. The lowest BCUT2D eigenvalue weighted by atomic mass is 9.90. The molecule has 0 bridgehead atoms. The molecule has 1 atom stereocenters. The van der Waals surface area contributed by atoms with Crippen molar-refractivity contribution in [2.45, 2.75) is 32.2 Å². The molecule has 0 saturated carbocycles. The minimum atomic E-state index is -0.0757. The number of carbonyl (C=O) groups excluding carboxylic acids is 1.